The Kier molecular flexibility index (Phi) is 4.87. The third-order valence-electron chi connectivity index (χ3n) is 4.58. The number of amides is 2. The van der Waals surface area contributed by atoms with Crippen LogP contribution in [0.5, 0.6) is 11.5 Å². The zero-order chi connectivity index (χ0) is 20.5. The van der Waals surface area contributed by atoms with Crippen LogP contribution < -0.4 is 9.47 Å². The molecular formula is C19H16N2O8. The van der Waals surface area contributed by atoms with Gasteiger partial charge in [0.25, 0.3) is 17.5 Å². The second kappa shape index (κ2) is 7.49. The van der Waals surface area contributed by atoms with Gasteiger partial charge >= 0.3 is 0 Å². The predicted octanol–water partition coefficient (Wildman–Crippen LogP) is 1.50. The van der Waals surface area contributed by atoms with Crippen LogP contribution in [0.15, 0.2) is 36.4 Å². The first-order valence-corrected chi connectivity index (χ1v) is 8.73. The van der Waals surface area contributed by atoms with Gasteiger partial charge in [0, 0.05) is 6.07 Å². The third kappa shape index (κ3) is 3.50. The number of imide groups is 1. The molecule has 150 valence electrons. The average Bonchev–Trinajstić information content (AvgIpc) is 3.26. The monoisotopic (exact) mass is 400 g/mol. The molecule has 0 bridgehead atoms. The Morgan fingerprint density at radius 3 is 2.76 bits per heavy atom. The fourth-order valence-electron chi connectivity index (χ4n) is 3.24. The number of nitro groups is 1. The minimum absolute atomic E-state index is 0.0438. The number of hydrogen-bond acceptors (Lipinski definition) is 8. The molecule has 0 radical (unpaired) electrons. The van der Waals surface area contributed by atoms with E-state index in [1.165, 1.54) is 18.2 Å². The van der Waals surface area contributed by atoms with Crippen molar-refractivity contribution >= 4 is 17.5 Å². The second-order valence-corrected chi connectivity index (χ2v) is 6.53. The number of β-amino-alcohol motifs (C(OH)–C–C–N with tert-alkyl or cyclic N) is 1. The summed E-state index contributed by atoms with van der Waals surface area (Å²) in [6.07, 6.45) is -1.15. The number of aliphatic hydroxyl groups is 1. The molecular weight excluding hydrogens is 384 g/mol. The van der Waals surface area contributed by atoms with Crippen molar-refractivity contribution in [3.05, 3.63) is 63.2 Å². The lowest BCUT2D eigenvalue weighted by molar-refractivity contribution is -0.385. The molecule has 1 atom stereocenters. The number of benzene rings is 2. The SMILES string of the molecule is O=C1c2cccc([N+](=O)[O-])c2C(=O)N1C[C@@H](O)COCc1ccc2c(c1)OCO2. The van der Waals surface area contributed by atoms with Crippen molar-refractivity contribution in [2.24, 2.45) is 0 Å². The highest BCUT2D eigenvalue weighted by atomic mass is 16.7. The molecule has 29 heavy (non-hydrogen) atoms. The van der Waals surface area contributed by atoms with Crippen molar-refractivity contribution in [2.45, 2.75) is 12.7 Å². The van der Waals surface area contributed by atoms with Crippen LogP contribution >= 0.6 is 0 Å². The van der Waals surface area contributed by atoms with Crippen LogP contribution in [0.2, 0.25) is 0 Å². The van der Waals surface area contributed by atoms with Gasteiger partial charge in [0.1, 0.15) is 5.56 Å². The number of rotatable bonds is 7. The summed E-state index contributed by atoms with van der Waals surface area (Å²) in [6, 6.07) is 9.17. The highest BCUT2D eigenvalue weighted by molar-refractivity contribution is 6.23. The van der Waals surface area contributed by atoms with Gasteiger partial charge < -0.3 is 19.3 Å². The molecule has 10 nitrogen and oxygen atoms in total. The Bertz CT molecular complexity index is 1010. The highest BCUT2D eigenvalue weighted by Gasteiger charge is 2.41. The minimum atomic E-state index is -1.15. The van der Waals surface area contributed by atoms with Crippen LogP contribution in [0.3, 0.4) is 0 Å². The molecule has 2 aromatic carbocycles. The number of nitrogens with zero attached hydrogens (tertiary/aromatic N) is 2. The van der Waals surface area contributed by atoms with Crippen molar-refractivity contribution < 1.29 is 33.8 Å². The Hall–Kier alpha value is -3.50. The average molecular weight is 400 g/mol. The van der Waals surface area contributed by atoms with Gasteiger partial charge in [-0.1, -0.05) is 12.1 Å². The molecule has 2 aromatic rings. The fraction of sp³-hybridized carbons (Fsp3) is 0.263. The van der Waals surface area contributed by atoms with Crippen LogP contribution in [0.25, 0.3) is 0 Å². The van der Waals surface area contributed by atoms with E-state index in [9.17, 15) is 24.8 Å². The number of hydrogen-bond donors (Lipinski definition) is 1. The van der Waals surface area contributed by atoms with Crippen LogP contribution in [0.4, 0.5) is 5.69 Å². The molecule has 0 aliphatic carbocycles. The van der Waals surface area contributed by atoms with E-state index in [4.69, 9.17) is 14.2 Å². The predicted molar refractivity (Wildman–Crippen MR) is 96.7 cm³/mol. The van der Waals surface area contributed by atoms with Crippen molar-refractivity contribution in [1.29, 1.82) is 0 Å². The molecule has 0 unspecified atom stereocenters. The first-order chi connectivity index (χ1) is 14.0. The topological polar surface area (TPSA) is 128 Å². The molecule has 0 aromatic heterocycles. The van der Waals surface area contributed by atoms with Crippen LogP contribution in [-0.4, -0.2) is 52.8 Å². The molecule has 0 spiro atoms. The van der Waals surface area contributed by atoms with Gasteiger partial charge in [-0.2, -0.15) is 0 Å². The maximum Gasteiger partial charge on any atom is 0.282 e. The summed E-state index contributed by atoms with van der Waals surface area (Å²) in [4.78, 5) is 36.1. The first kappa shape index (κ1) is 18.8. The van der Waals surface area contributed by atoms with E-state index in [0.29, 0.717) is 11.5 Å². The van der Waals surface area contributed by atoms with E-state index in [0.717, 1.165) is 10.5 Å². The van der Waals surface area contributed by atoms with Crippen LogP contribution in [-0.2, 0) is 11.3 Å². The second-order valence-electron chi connectivity index (χ2n) is 6.53. The zero-order valence-electron chi connectivity index (χ0n) is 15.1. The van der Waals surface area contributed by atoms with Crippen molar-refractivity contribution in [3.8, 4) is 11.5 Å². The van der Waals surface area contributed by atoms with Gasteiger partial charge in [0.05, 0.1) is 36.3 Å². The summed E-state index contributed by atoms with van der Waals surface area (Å²) >= 11 is 0. The van der Waals surface area contributed by atoms with Crippen molar-refractivity contribution in [2.75, 3.05) is 19.9 Å². The summed E-state index contributed by atoms with van der Waals surface area (Å²) in [6.45, 7) is -0.118. The number of aliphatic hydroxyl groups excluding tert-OH is 1. The standard InChI is InChI=1S/C19H16N2O8/c22-12(9-27-8-11-4-5-15-16(6-11)29-10-28-15)7-20-18(23)13-2-1-3-14(21(25)26)17(13)19(20)24/h1-6,12,22H,7-10H2/t12-/m1/s1. The lowest BCUT2D eigenvalue weighted by Gasteiger charge is -2.18. The largest absolute Gasteiger partial charge is 0.454 e. The van der Waals surface area contributed by atoms with E-state index >= 15 is 0 Å². The van der Waals surface area contributed by atoms with Crippen molar-refractivity contribution in [3.63, 3.8) is 0 Å². The van der Waals surface area contributed by atoms with E-state index < -0.39 is 28.5 Å². The normalized spacial score (nSPS) is 15.6. The first-order valence-electron chi connectivity index (χ1n) is 8.73. The molecule has 2 heterocycles. The summed E-state index contributed by atoms with van der Waals surface area (Å²) in [5.74, 6) is -0.219. The molecule has 0 saturated carbocycles. The van der Waals surface area contributed by atoms with E-state index in [-0.39, 0.29) is 37.7 Å². The van der Waals surface area contributed by atoms with Gasteiger partial charge in [0.2, 0.25) is 6.79 Å². The smallest absolute Gasteiger partial charge is 0.282 e. The molecule has 0 fully saturated rings. The Morgan fingerprint density at radius 2 is 1.97 bits per heavy atom. The Balaban J connectivity index is 1.36. The number of carbonyl (C=O) groups is 2. The van der Waals surface area contributed by atoms with Crippen LogP contribution in [0, 0.1) is 10.1 Å². The van der Waals surface area contributed by atoms with Gasteiger partial charge in [-0.05, 0) is 23.8 Å². The summed E-state index contributed by atoms with van der Waals surface area (Å²) in [5, 5.41) is 21.3. The third-order valence-corrected chi connectivity index (χ3v) is 4.58. The lowest BCUT2D eigenvalue weighted by atomic mass is 10.1. The number of fused-ring (bicyclic) bond motifs is 2. The number of ether oxygens (including phenoxy) is 3. The Labute approximate surface area is 164 Å². The lowest BCUT2D eigenvalue weighted by Crippen LogP contribution is -2.38. The van der Waals surface area contributed by atoms with E-state index in [1.54, 1.807) is 18.2 Å². The Morgan fingerprint density at radius 1 is 1.17 bits per heavy atom. The fourth-order valence-corrected chi connectivity index (χ4v) is 3.24. The van der Waals surface area contributed by atoms with Gasteiger partial charge in [-0.15, -0.1) is 0 Å². The summed E-state index contributed by atoms with van der Waals surface area (Å²) in [7, 11) is 0. The molecule has 2 aliphatic rings. The maximum atomic E-state index is 12.5. The van der Waals surface area contributed by atoms with E-state index in [1.807, 2.05) is 0 Å². The van der Waals surface area contributed by atoms with Crippen molar-refractivity contribution in [1.82, 2.24) is 4.90 Å². The van der Waals surface area contributed by atoms with Gasteiger partial charge in [0.15, 0.2) is 11.5 Å². The number of nitro benzene ring substituents is 1. The molecule has 1 N–H and O–H groups in total. The molecule has 4 rings (SSSR count). The number of carbonyl (C=O) groups excluding carboxylic acids is 2. The van der Waals surface area contributed by atoms with Crippen LogP contribution in [0.1, 0.15) is 26.3 Å². The molecule has 10 heteroatoms. The minimum Gasteiger partial charge on any atom is -0.454 e. The quantitative estimate of drug-likeness (QED) is 0.421. The molecule has 0 saturated heterocycles. The summed E-state index contributed by atoms with van der Waals surface area (Å²) in [5.41, 5.74) is 0.0726. The summed E-state index contributed by atoms with van der Waals surface area (Å²) < 4.78 is 16.0. The van der Waals surface area contributed by atoms with Gasteiger partial charge in [-0.25, -0.2) is 0 Å². The zero-order valence-corrected chi connectivity index (χ0v) is 15.1. The highest BCUT2D eigenvalue weighted by Crippen LogP contribution is 2.33. The van der Waals surface area contributed by atoms with E-state index in [2.05, 4.69) is 0 Å². The maximum absolute atomic E-state index is 12.5. The van der Waals surface area contributed by atoms with Gasteiger partial charge in [-0.3, -0.25) is 24.6 Å². The molecule has 2 aliphatic heterocycles. The molecule has 2 amide bonds.